The number of thiophene rings is 1. The van der Waals surface area contributed by atoms with Crippen LogP contribution in [0, 0.1) is 0 Å². The highest BCUT2D eigenvalue weighted by Crippen LogP contribution is 2.35. The molecule has 0 aliphatic carbocycles. The molecule has 21 heavy (non-hydrogen) atoms. The normalized spacial score (nSPS) is 11.1. The van der Waals surface area contributed by atoms with Crippen LogP contribution in [0.3, 0.4) is 0 Å². The van der Waals surface area contributed by atoms with Crippen molar-refractivity contribution >= 4 is 43.9 Å². The lowest BCUT2D eigenvalue weighted by atomic mass is 10.1. The number of hydrogen-bond acceptors (Lipinski definition) is 4. The van der Waals surface area contributed by atoms with Crippen LogP contribution >= 0.6 is 22.9 Å². The Labute approximate surface area is 129 Å². The maximum absolute atomic E-state index is 6.23. The second-order valence-electron chi connectivity index (χ2n) is 4.51. The molecule has 4 aromatic rings. The van der Waals surface area contributed by atoms with Gasteiger partial charge in [0.15, 0.2) is 0 Å². The Morgan fingerprint density at radius 3 is 2.67 bits per heavy atom. The lowest BCUT2D eigenvalue weighted by Gasteiger charge is -2.09. The molecular formula is C16H9ClN2OS. The fraction of sp³-hybridized carbons (Fsp3) is 0. The van der Waals surface area contributed by atoms with Gasteiger partial charge in [-0.3, -0.25) is 0 Å². The Kier molecular flexibility index (Phi) is 2.98. The Morgan fingerprint density at radius 2 is 1.76 bits per heavy atom. The van der Waals surface area contributed by atoms with Crippen molar-refractivity contribution in [3.05, 3.63) is 59.2 Å². The zero-order valence-corrected chi connectivity index (χ0v) is 12.4. The summed E-state index contributed by atoms with van der Waals surface area (Å²) in [4.78, 5) is 9.39. The summed E-state index contributed by atoms with van der Waals surface area (Å²) in [6, 6.07) is 13.6. The Balaban J connectivity index is 1.88. The minimum absolute atomic E-state index is 0.564. The van der Waals surface area contributed by atoms with Crippen LogP contribution in [0.1, 0.15) is 0 Å². The topological polar surface area (TPSA) is 35.0 Å². The smallest absolute Gasteiger partial charge is 0.231 e. The van der Waals surface area contributed by atoms with E-state index in [-0.39, 0.29) is 0 Å². The predicted octanol–water partition coefficient (Wildman–Crippen LogP) is 5.29. The third-order valence-corrected chi connectivity index (χ3v) is 4.41. The monoisotopic (exact) mass is 312 g/mol. The lowest BCUT2D eigenvalue weighted by molar-refractivity contribution is 0.474. The highest BCUT2D eigenvalue weighted by Gasteiger charge is 2.10. The molecule has 0 aliphatic rings. The van der Waals surface area contributed by atoms with Crippen molar-refractivity contribution < 1.29 is 4.74 Å². The van der Waals surface area contributed by atoms with Gasteiger partial charge in [0.2, 0.25) is 5.88 Å². The van der Waals surface area contributed by atoms with Crippen molar-refractivity contribution in [1.29, 1.82) is 0 Å². The van der Waals surface area contributed by atoms with E-state index < -0.39 is 0 Å². The predicted molar refractivity (Wildman–Crippen MR) is 86.4 cm³/mol. The first kappa shape index (κ1) is 12.6. The lowest BCUT2D eigenvalue weighted by Crippen LogP contribution is -1.90. The number of hydrogen-bond donors (Lipinski definition) is 0. The van der Waals surface area contributed by atoms with Gasteiger partial charge in [0.05, 0.1) is 5.39 Å². The fourth-order valence-electron chi connectivity index (χ4n) is 2.28. The van der Waals surface area contributed by atoms with Crippen LogP contribution in [-0.2, 0) is 0 Å². The van der Waals surface area contributed by atoms with E-state index in [1.54, 1.807) is 11.3 Å². The molecule has 0 aliphatic heterocycles. The average Bonchev–Trinajstić information content (AvgIpc) is 3.00. The van der Waals surface area contributed by atoms with Gasteiger partial charge in [0.1, 0.15) is 16.9 Å². The van der Waals surface area contributed by atoms with Crippen molar-refractivity contribution in [1.82, 2.24) is 9.97 Å². The van der Waals surface area contributed by atoms with Gasteiger partial charge < -0.3 is 4.74 Å². The molecule has 2 aromatic carbocycles. The maximum atomic E-state index is 6.23. The summed E-state index contributed by atoms with van der Waals surface area (Å²) >= 11 is 7.80. The van der Waals surface area contributed by atoms with Gasteiger partial charge in [-0.1, -0.05) is 35.9 Å². The molecule has 0 bridgehead atoms. The third-order valence-electron chi connectivity index (χ3n) is 3.26. The Morgan fingerprint density at radius 1 is 0.905 bits per heavy atom. The first-order valence-corrected chi connectivity index (χ1v) is 7.62. The van der Waals surface area contributed by atoms with E-state index in [0.29, 0.717) is 10.9 Å². The van der Waals surface area contributed by atoms with Crippen LogP contribution < -0.4 is 4.74 Å². The van der Waals surface area contributed by atoms with Crippen molar-refractivity contribution in [2.24, 2.45) is 0 Å². The molecule has 5 heteroatoms. The van der Waals surface area contributed by atoms with Gasteiger partial charge in [-0.2, -0.15) is 0 Å². The summed E-state index contributed by atoms with van der Waals surface area (Å²) in [6.45, 7) is 0. The highest BCUT2D eigenvalue weighted by atomic mass is 35.5. The van der Waals surface area contributed by atoms with E-state index in [0.717, 1.165) is 26.7 Å². The molecule has 2 heterocycles. The molecule has 102 valence electrons. The SMILES string of the molecule is Clc1ccc(Oc2ncnc3sccc23)c2ccccc12. The number of fused-ring (bicyclic) bond motifs is 2. The van der Waals surface area contributed by atoms with Gasteiger partial charge >= 0.3 is 0 Å². The van der Waals surface area contributed by atoms with Gasteiger partial charge in [-0.05, 0) is 23.6 Å². The first-order valence-electron chi connectivity index (χ1n) is 6.36. The number of halogens is 1. The molecule has 0 spiro atoms. The van der Waals surface area contributed by atoms with Crippen LogP contribution in [0.15, 0.2) is 54.2 Å². The number of ether oxygens (including phenoxy) is 1. The zero-order valence-electron chi connectivity index (χ0n) is 10.8. The molecule has 0 fully saturated rings. The van der Waals surface area contributed by atoms with Crippen molar-refractivity contribution in [3.63, 3.8) is 0 Å². The minimum atomic E-state index is 0.564. The quantitative estimate of drug-likeness (QED) is 0.504. The largest absolute Gasteiger partial charge is 0.438 e. The van der Waals surface area contributed by atoms with Gasteiger partial charge in [-0.15, -0.1) is 11.3 Å². The van der Waals surface area contributed by atoms with Crippen molar-refractivity contribution in [2.75, 3.05) is 0 Å². The first-order chi connectivity index (χ1) is 10.3. The molecular weight excluding hydrogens is 304 g/mol. The van der Waals surface area contributed by atoms with E-state index in [2.05, 4.69) is 9.97 Å². The summed E-state index contributed by atoms with van der Waals surface area (Å²) in [5, 5.41) is 5.54. The number of benzene rings is 2. The van der Waals surface area contributed by atoms with E-state index in [9.17, 15) is 0 Å². The van der Waals surface area contributed by atoms with E-state index >= 15 is 0 Å². The zero-order chi connectivity index (χ0) is 14.2. The molecule has 0 unspecified atom stereocenters. The maximum Gasteiger partial charge on any atom is 0.231 e. The van der Waals surface area contributed by atoms with Crippen LogP contribution in [-0.4, -0.2) is 9.97 Å². The van der Waals surface area contributed by atoms with E-state index in [1.165, 1.54) is 6.33 Å². The number of rotatable bonds is 2. The van der Waals surface area contributed by atoms with Crippen LogP contribution in [0.4, 0.5) is 0 Å². The standard InChI is InChI=1S/C16H9ClN2OS/c17-13-5-6-14(11-4-2-1-3-10(11)13)20-15-12-7-8-21-16(12)19-9-18-15/h1-9H. The molecule has 0 amide bonds. The molecule has 2 aromatic heterocycles. The fourth-order valence-corrected chi connectivity index (χ4v) is 3.23. The highest BCUT2D eigenvalue weighted by molar-refractivity contribution is 7.16. The molecule has 0 radical (unpaired) electrons. The van der Waals surface area contributed by atoms with E-state index in [4.69, 9.17) is 16.3 Å². The summed E-state index contributed by atoms with van der Waals surface area (Å²) < 4.78 is 6.02. The molecule has 0 saturated heterocycles. The summed E-state index contributed by atoms with van der Waals surface area (Å²) in [6.07, 6.45) is 1.52. The third kappa shape index (κ3) is 2.13. The Hall–Kier alpha value is -2.17. The number of nitrogens with zero attached hydrogens (tertiary/aromatic N) is 2. The second-order valence-corrected chi connectivity index (χ2v) is 5.81. The molecule has 4 rings (SSSR count). The summed E-state index contributed by atoms with van der Waals surface area (Å²) in [5.74, 6) is 1.30. The van der Waals surface area contributed by atoms with Gasteiger partial charge in [0.25, 0.3) is 0 Å². The molecule has 3 nitrogen and oxygen atoms in total. The minimum Gasteiger partial charge on any atom is -0.438 e. The van der Waals surface area contributed by atoms with Crippen LogP contribution in [0.2, 0.25) is 5.02 Å². The molecule has 0 saturated carbocycles. The molecule has 0 N–H and O–H groups in total. The van der Waals surface area contributed by atoms with Gasteiger partial charge in [-0.25, -0.2) is 9.97 Å². The average molecular weight is 313 g/mol. The molecule has 0 atom stereocenters. The van der Waals surface area contributed by atoms with Crippen molar-refractivity contribution in [3.8, 4) is 11.6 Å². The van der Waals surface area contributed by atoms with Crippen LogP contribution in [0.5, 0.6) is 11.6 Å². The van der Waals surface area contributed by atoms with E-state index in [1.807, 2.05) is 47.8 Å². The summed E-state index contributed by atoms with van der Waals surface area (Å²) in [7, 11) is 0. The summed E-state index contributed by atoms with van der Waals surface area (Å²) in [5.41, 5.74) is 0. The second kappa shape index (κ2) is 4.98. The van der Waals surface area contributed by atoms with Crippen molar-refractivity contribution in [2.45, 2.75) is 0 Å². The van der Waals surface area contributed by atoms with Crippen LogP contribution in [0.25, 0.3) is 21.0 Å². The number of aromatic nitrogens is 2. The van der Waals surface area contributed by atoms with Gasteiger partial charge in [0, 0.05) is 15.8 Å². The Bertz CT molecular complexity index is 951.